The van der Waals surface area contributed by atoms with E-state index in [1.54, 1.807) is 45.2 Å². The molecule has 2 aromatic heterocycles. The summed E-state index contributed by atoms with van der Waals surface area (Å²) >= 11 is 0. The van der Waals surface area contributed by atoms with Crippen molar-refractivity contribution in [3.63, 3.8) is 0 Å². The summed E-state index contributed by atoms with van der Waals surface area (Å²) in [5.74, 6) is -0.150. The van der Waals surface area contributed by atoms with Crippen LogP contribution in [-0.2, 0) is 25.6 Å². The summed E-state index contributed by atoms with van der Waals surface area (Å²) in [6, 6.07) is 13.4. The van der Waals surface area contributed by atoms with E-state index in [1.165, 1.54) is 16.6 Å². The van der Waals surface area contributed by atoms with Gasteiger partial charge in [-0.2, -0.15) is 0 Å². The number of benzene rings is 1. The molecule has 1 N–H and O–H groups in total. The molecule has 3 heterocycles. The molecule has 10 heteroatoms. The van der Waals surface area contributed by atoms with Crippen molar-refractivity contribution < 1.29 is 28.6 Å². The third-order valence-corrected chi connectivity index (χ3v) is 5.74. The second-order valence-corrected chi connectivity index (χ2v) is 9.50. The third kappa shape index (κ3) is 5.65. The summed E-state index contributed by atoms with van der Waals surface area (Å²) in [6.45, 7) is 5.81. The van der Waals surface area contributed by atoms with Crippen LogP contribution in [0.25, 0.3) is 11.0 Å². The number of ether oxygens (including phenoxy) is 3. The molecule has 0 radical (unpaired) electrons. The zero-order chi connectivity index (χ0) is 25.9. The lowest BCUT2D eigenvalue weighted by atomic mass is 10.1. The molecule has 1 saturated heterocycles. The van der Waals surface area contributed by atoms with Crippen LogP contribution < -0.4 is 5.32 Å². The lowest BCUT2D eigenvalue weighted by Crippen LogP contribution is -2.48. The molecule has 36 heavy (non-hydrogen) atoms. The molecule has 0 aliphatic carbocycles. The molecule has 0 bridgehead atoms. The predicted molar refractivity (Wildman–Crippen MR) is 133 cm³/mol. The number of amides is 2. The minimum atomic E-state index is -0.873. The van der Waals surface area contributed by atoms with Crippen molar-refractivity contribution in [3.05, 3.63) is 60.3 Å². The smallest absolute Gasteiger partial charge is 0.419 e. The highest BCUT2D eigenvalue weighted by molar-refractivity contribution is 5.98. The molecular weight excluding hydrogens is 464 g/mol. The number of likely N-dealkylation sites (tertiary alicyclic amines) is 1. The van der Waals surface area contributed by atoms with E-state index >= 15 is 0 Å². The van der Waals surface area contributed by atoms with E-state index in [0.717, 1.165) is 5.56 Å². The Hall–Kier alpha value is -3.92. The van der Waals surface area contributed by atoms with Gasteiger partial charge in [-0.1, -0.05) is 30.3 Å². The normalized spacial score (nSPS) is 17.7. The van der Waals surface area contributed by atoms with Crippen molar-refractivity contribution in [2.45, 2.75) is 51.5 Å². The fraction of sp³-hybridized carbons (Fsp3) is 0.385. The number of anilines is 1. The van der Waals surface area contributed by atoms with E-state index in [1.807, 2.05) is 30.3 Å². The average molecular weight is 495 g/mol. The van der Waals surface area contributed by atoms with Crippen molar-refractivity contribution >= 4 is 34.9 Å². The molecule has 2 amide bonds. The van der Waals surface area contributed by atoms with Gasteiger partial charge >= 0.3 is 12.2 Å². The third-order valence-electron chi connectivity index (χ3n) is 5.74. The molecule has 2 atom stereocenters. The molecule has 0 unspecified atom stereocenters. The average Bonchev–Trinajstić information content (AvgIpc) is 3.46. The zero-order valence-corrected chi connectivity index (χ0v) is 20.8. The van der Waals surface area contributed by atoms with Crippen molar-refractivity contribution in [1.29, 1.82) is 0 Å². The Kier molecular flexibility index (Phi) is 7.25. The highest BCUT2D eigenvalue weighted by Crippen LogP contribution is 2.24. The van der Waals surface area contributed by atoms with Crippen LogP contribution in [0.3, 0.4) is 0 Å². The Morgan fingerprint density at radius 3 is 2.50 bits per heavy atom. The maximum atomic E-state index is 13.2. The number of hydrogen-bond acceptors (Lipinski definition) is 7. The largest absolute Gasteiger partial charge is 0.445 e. The maximum Gasteiger partial charge on any atom is 0.419 e. The first-order valence-electron chi connectivity index (χ1n) is 11.7. The summed E-state index contributed by atoms with van der Waals surface area (Å²) in [5.41, 5.74) is 1.27. The first kappa shape index (κ1) is 25.2. The Labute approximate surface area is 209 Å². The van der Waals surface area contributed by atoms with E-state index < -0.39 is 35.8 Å². The summed E-state index contributed by atoms with van der Waals surface area (Å²) in [4.78, 5) is 44.3. The molecule has 0 saturated carbocycles. The fourth-order valence-electron chi connectivity index (χ4n) is 4.09. The number of fused-ring (bicyclic) bond motifs is 1. The Bertz CT molecular complexity index is 1250. The molecule has 190 valence electrons. The van der Waals surface area contributed by atoms with Gasteiger partial charge in [-0.3, -0.25) is 14.3 Å². The molecule has 10 nitrogen and oxygen atoms in total. The van der Waals surface area contributed by atoms with Crippen LogP contribution in [-0.4, -0.2) is 63.9 Å². The first-order chi connectivity index (χ1) is 17.2. The van der Waals surface area contributed by atoms with E-state index in [9.17, 15) is 14.4 Å². The molecule has 0 spiro atoms. The van der Waals surface area contributed by atoms with E-state index in [-0.39, 0.29) is 12.4 Å². The van der Waals surface area contributed by atoms with E-state index in [4.69, 9.17) is 14.2 Å². The van der Waals surface area contributed by atoms with Crippen LogP contribution in [0.5, 0.6) is 0 Å². The van der Waals surface area contributed by atoms with Gasteiger partial charge in [0.15, 0.2) is 0 Å². The topological polar surface area (TPSA) is 112 Å². The predicted octanol–water partition coefficient (Wildman–Crippen LogP) is 4.18. The number of rotatable bonds is 5. The van der Waals surface area contributed by atoms with Gasteiger partial charge in [0, 0.05) is 19.9 Å². The Balaban J connectivity index is 1.46. The number of nitrogens with zero attached hydrogens (tertiary/aromatic N) is 3. The number of carbonyl (C=O) groups excluding carboxylic acids is 3. The Morgan fingerprint density at radius 1 is 1.06 bits per heavy atom. The molecule has 1 aliphatic heterocycles. The quantitative estimate of drug-likeness (QED) is 0.566. The van der Waals surface area contributed by atoms with Crippen LogP contribution in [0.15, 0.2) is 54.7 Å². The highest BCUT2D eigenvalue weighted by atomic mass is 16.6. The van der Waals surface area contributed by atoms with Gasteiger partial charge < -0.3 is 19.5 Å². The number of aromatic nitrogens is 2. The summed E-state index contributed by atoms with van der Waals surface area (Å²) < 4.78 is 17.7. The van der Waals surface area contributed by atoms with Crippen molar-refractivity contribution in [1.82, 2.24) is 14.5 Å². The van der Waals surface area contributed by atoms with Gasteiger partial charge in [0.2, 0.25) is 0 Å². The number of nitrogens with one attached hydrogen (secondary N) is 1. The second kappa shape index (κ2) is 10.4. The summed E-state index contributed by atoms with van der Waals surface area (Å²) in [5, 5.41) is 2.77. The number of carbonyl (C=O) groups is 3. The van der Waals surface area contributed by atoms with Crippen LogP contribution in [0, 0.1) is 0 Å². The van der Waals surface area contributed by atoms with Crippen LogP contribution in [0.4, 0.5) is 15.4 Å². The lowest BCUT2D eigenvalue weighted by molar-refractivity contribution is -0.123. The molecule has 3 aromatic rings. The monoisotopic (exact) mass is 494 g/mol. The summed E-state index contributed by atoms with van der Waals surface area (Å²) in [7, 11) is 1.51. The minimum absolute atomic E-state index is 0.106. The minimum Gasteiger partial charge on any atom is -0.445 e. The lowest BCUT2D eigenvalue weighted by Gasteiger charge is -2.26. The number of pyridine rings is 1. The van der Waals surface area contributed by atoms with Crippen molar-refractivity contribution in [2.24, 2.45) is 0 Å². The maximum absolute atomic E-state index is 13.2. The van der Waals surface area contributed by atoms with Crippen LogP contribution >= 0.6 is 0 Å². The van der Waals surface area contributed by atoms with Crippen LogP contribution in [0.2, 0.25) is 0 Å². The SMILES string of the molecule is CO[C@@H]1CCN(C(=O)OCc2ccccc2)[C@H]1C(=O)Nc1ccc2c(ccn2C(=O)OC(C)(C)C)n1. The van der Waals surface area contributed by atoms with Gasteiger partial charge in [0.1, 0.15) is 24.1 Å². The molecule has 1 fully saturated rings. The standard InChI is InChI=1S/C26H30N4O6/c1-26(2,3)36-25(33)29-14-12-18-19(29)10-11-21(27-18)28-23(31)22-20(34-4)13-15-30(22)24(32)35-16-17-8-6-5-7-9-17/h5-12,14,20,22H,13,15-16H2,1-4H3,(H,27,28,31)/t20-,22-/m1/s1. The number of hydrogen-bond donors (Lipinski definition) is 1. The van der Waals surface area contributed by atoms with Gasteiger partial charge in [-0.25, -0.2) is 14.6 Å². The first-order valence-corrected chi connectivity index (χ1v) is 11.7. The van der Waals surface area contributed by atoms with Gasteiger partial charge in [-0.05, 0) is 51.0 Å². The van der Waals surface area contributed by atoms with E-state index in [0.29, 0.717) is 24.0 Å². The van der Waals surface area contributed by atoms with Crippen molar-refractivity contribution in [2.75, 3.05) is 19.0 Å². The van der Waals surface area contributed by atoms with Crippen molar-refractivity contribution in [3.8, 4) is 0 Å². The zero-order valence-electron chi connectivity index (χ0n) is 20.8. The molecule has 1 aliphatic rings. The molecule has 4 rings (SSSR count). The van der Waals surface area contributed by atoms with E-state index in [2.05, 4.69) is 10.3 Å². The molecular formula is C26H30N4O6. The van der Waals surface area contributed by atoms with Gasteiger partial charge in [0.05, 0.1) is 17.1 Å². The molecule has 1 aromatic carbocycles. The van der Waals surface area contributed by atoms with Gasteiger partial charge in [0.25, 0.3) is 5.91 Å². The Morgan fingerprint density at radius 2 is 1.81 bits per heavy atom. The van der Waals surface area contributed by atoms with Crippen LogP contribution in [0.1, 0.15) is 32.8 Å². The highest BCUT2D eigenvalue weighted by Gasteiger charge is 2.43. The summed E-state index contributed by atoms with van der Waals surface area (Å²) in [6.07, 6.45) is 0.484. The fourth-order valence-corrected chi connectivity index (χ4v) is 4.09. The second-order valence-electron chi connectivity index (χ2n) is 9.50. The van der Waals surface area contributed by atoms with Gasteiger partial charge in [-0.15, -0.1) is 0 Å². The number of methoxy groups -OCH3 is 1.